The third-order valence-corrected chi connectivity index (χ3v) is 6.51. The van der Waals surface area contributed by atoms with E-state index in [1.807, 2.05) is 0 Å². The number of amides is 1. The van der Waals surface area contributed by atoms with E-state index in [1.54, 1.807) is 0 Å². The van der Waals surface area contributed by atoms with Gasteiger partial charge in [-0.15, -0.1) is 12.4 Å². The molecule has 1 atom stereocenters. The lowest BCUT2D eigenvalue weighted by Crippen LogP contribution is -2.52. The van der Waals surface area contributed by atoms with Crippen molar-refractivity contribution in [3.05, 3.63) is 0 Å². The zero-order valence-electron chi connectivity index (χ0n) is 14.0. The molecule has 4 bridgehead atoms. The Labute approximate surface area is 145 Å². The molecule has 1 amide bonds. The summed E-state index contributed by atoms with van der Waals surface area (Å²) in [6.07, 6.45) is 11.1. The fourth-order valence-corrected chi connectivity index (χ4v) is 6.01. The summed E-state index contributed by atoms with van der Waals surface area (Å²) in [4.78, 5) is 12.1. The lowest BCUT2D eigenvalue weighted by molar-refractivity contribution is -0.122. The van der Waals surface area contributed by atoms with E-state index in [0.717, 1.165) is 50.3 Å². The molecule has 1 saturated heterocycles. The predicted octanol–water partition coefficient (Wildman–Crippen LogP) is 2.51. The van der Waals surface area contributed by atoms with E-state index >= 15 is 0 Å². The molecule has 132 valence electrons. The molecule has 0 radical (unpaired) electrons. The van der Waals surface area contributed by atoms with E-state index < -0.39 is 0 Å². The van der Waals surface area contributed by atoms with E-state index in [1.165, 1.54) is 38.5 Å². The standard InChI is InChI=1S/C18H30N2O2.ClH/c21-17(11-19-10-16-2-1-3-22-16)20-12-18-7-13-4-14(8-18)6-15(5-13)9-18;/h13-16,19H,1-12H2,(H,20,21);1H. The monoisotopic (exact) mass is 342 g/mol. The van der Waals surface area contributed by atoms with Gasteiger partial charge in [0.2, 0.25) is 5.91 Å². The SMILES string of the molecule is Cl.O=C(CNCC1CCCO1)NCC12CC3CC(CC(C3)C1)C2. The normalized spacial score (nSPS) is 40.9. The molecule has 0 aromatic rings. The van der Waals surface area contributed by atoms with Gasteiger partial charge < -0.3 is 15.4 Å². The van der Waals surface area contributed by atoms with E-state index in [-0.39, 0.29) is 18.3 Å². The molecule has 5 rings (SSSR count). The van der Waals surface area contributed by atoms with Gasteiger partial charge in [-0.05, 0) is 74.5 Å². The minimum absolute atomic E-state index is 0. The van der Waals surface area contributed by atoms with Crippen LogP contribution in [-0.4, -0.2) is 38.3 Å². The molecule has 2 N–H and O–H groups in total. The summed E-state index contributed by atoms with van der Waals surface area (Å²) in [6.45, 7) is 3.04. The average Bonchev–Trinajstić information content (AvgIpc) is 2.97. The fourth-order valence-electron chi connectivity index (χ4n) is 6.01. The van der Waals surface area contributed by atoms with Gasteiger partial charge in [-0.1, -0.05) is 0 Å². The van der Waals surface area contributed by atoms with Crippen LogP contribution in [0.4, 0.5) is 0 Å². The lowest BCUT2D eigenvalue weighted by atomic mass is 9.49. The van der Waals surface area contributed by atoms with Crippen LogP contribution in [0.1, 0.15) is 51.4 Å². The van der Waals surface area contributed by atoms with Crippen molar-refractivity contribution in [3.63, 3.8) is 0 Å². The zero-order valence-corrected chi connectivity index (χ0v) is 14.8. The molecule has 5 heteroatoms. The summed E-state index contributed by atoms with van der Waals surface area (Å²) in [6, 6.07) is 0. The maximum atomic E-state index is 12.1. The topological polar surface area (TPSA) is 50.4 Å². The van der Waals surface area contributed by atoms with Crippen molar-refractivity contribution >= 4 is 18.3 Å². The highest BCUT2D eigenvalue weighted by molar-refractivity contribution is 5.85. The second-order valence-electron chi connectivity index (χ2n) is 8.46. The van der Waals surface area contributed by atoms with E-state index in [4.69, 9.17) is 4.74 Å². The van der Waals surface area contributed by atoms with E-state index in [0.29, 0.717) is 18.1 Å². The van der Waals surface area contributed by atoms with Gasteiger partial charge in [0.15, 0.2) is 0 Å². The lowest BCUT2D eigenvalue weighted by Gasteiger charge is -2.56. The van der Waals surface area contributed by atoms with Gasteiger partial charge in [0.05, 0.1) is 12.6 Å². The summed E-state index contributed by atoms with van der Waals surface area (Å²) in [5, 5.41) is 6.47. The Morgan fingerprint density at radius 3 is 2.30 bits per heavy atom. The van der Waals surface area contributed by atoms with Gasteiger partial charge in [-0.3, -0.25) is 4.79 Å². The molecular formula is C18H31ClN2O2. The first-order chi connectivity index (χ1) is 10.7. The van der Waals surface area contributed by atoms with Crippen molar-refractivity contribution in [3.8, 4) is 0 Å². The molecule has 4 saturated carbocycles. The predicted molar refractivity (Wildman–Crippen MR) is 92.7 cm³/mol. The second-order valence-corrected chi connectivity index (χ2v) is 8.46. The van der Waals surface area contributed by atoms with Gasteiger partial charge in [-0.25, -0.2) is 0 Å². The van der Waals surface area contributed by atoms with Crippen LogP contribution in [0.5, 0.6) is 0 Å². The molecule has 5 aliphatic rings. The number of nitrogens with one attached hydrogen (secondary N) is 2. The number of carbonyl (C=O) groups excluding carboxylic acids is 1. The zero-order chi connectivity index (χ0) is 15.0. The largest absolute Gasteiger partial charge is 0.377 e. The van der Waals surface area contributed by atoms with Crippen molar-refractivity contribution in [1.29, 1.82) is 0 Å². The molecular weight excluding hydrogens is 312 g/mol. The van der Waals surface area contributed by atoms with Crippen LogP contribution in [0.3, 0.4) is 0 Å². The van der Waals surface area contributed by atoms with E-state index in [9.17, 15) is 4.79 Å². The Morgan fingerprint density at radius 2 is 1.74 bits per heavy atom. The summed E-state index contributed by atoms with van der Waals surface area (Å²) in [7, 11) is 0. The summed E-state index contributed by atoms with van der Waals surface area (Å²) in [5.41, 5.74) is 0.443. The van der Waals surface area contributed by atoms with Crippen LogP contribution in [0.25, 0.3) is 0 Å². The van der Waals surface area contributed by atoms with Gasteiger partial charge in [0.25, 0.3) is 0 Å². The van der Waals surface area contributed by atoms with Gasteiger partial charge in [0, 0.05) is 19.7 Å². The highest BCUT2D eigenvalue weighted by Gasteiger charge is 2.50. The smallest absolute Gasteiger partial charge is 0.233 e. The molecule has 4 nitrogen and oxygen atoms in total. The Kier molecular flexibility index (Phi) is 5.54. The van der Waals surface area contributed by atoms with Crippen LogP contribution in [0.15, 0.2) is 0 Å². The summed E-state index contributed by atoms with van der Waals surface area (Å²) in [5.74, 6) is 3.04. The second kappa shape index (κ2) is 7.28. The molecule has 0 aromatic heterocycles. The molecule has 4 aliphatic carbocycles. The molecule has 0 spiro atoms. The first-order valence-corrected chi connectivity index (χ1v) is 9.30. The number of rotatable bonds is 6. The van der Waals surface area contributed by atoms with Gasteiger partial charge in [0.1, 0.15) is 0 Å². The number of ether oxygens (including phenoxy) is 1. The van der Waals surface area contributed by atoms with Crippen molar-refractivity contribution in [2.24, 2.45) is 23.2 Å². The molecule has 1 unspecified atom stereocenters. The molecule has 5 fully saturated rings. The van der Waals surface area contributed by atoms with Crippen LogP contribution in [0.2, 0.25) is 0 Å². The third kappa shape index (κ3) is 4.02. The van der Waals surface area contributed by atoms with Gasteiger partial charge >= 0.3 is 0 Å². The van der Waals surface area contributed by atoms with Crippen LogP contribution in [-0.2, 0) is 9.53 Å². The number of carbonyl (C=O) groups is 1. The van der Waals surface area contributed by atoms with Crippen molar-refractivity contribution in [1.82, 2.24) is 10.6 Å². The van der Waals surface area contributed by atoms with Crippen molar-refractivity contribution < 1.29 is 9.53 Å². The van der Waals surface area contributed by atoms with Crippen molar-refractivity contribution in [2.45, 2.75) is 57.5 Å². The Morgan fingerprint density at radius 1 is 1.09 bits per heavy atom. The van der Waals surface area contributed by atoms with Gasteiger partial charge in [-0.2, -0.15) is 0 Å². The molecule has 1 heterocycles. The highest BCUT2D eigenvalue weighted by atomic mass is 35.5. The molecule has 1 aliphatic heterocycles. The van der Waals surface area contributed by atoms with E-state index in [2.05, 4.69) is 10.6 Å². The first kappa shape index (κ1) is 17.5. The average molecular weight is 343 g/mol. The maximum Gasteiger partial charge on any atom is 0.233 e. The first-order valence-electron chi connectivity index (χ1n) is 9.30. The Hall–Kier alpha value is -0.320. The van der Waals surface area contributed by atoms with Crippen LogP contribution in [0, 0.1) is 23.2 Å². The quantitative estimate of drug-likeness (QED) is 0.779. The minimum atomic E-state index is 0. The summed E-state index contributed by atoms with van der Waals surface area (Å²) < 4.78 is 5.57. The minimum Gasteiger partial charge on any atom is -0.377 e. The van der Waals surface area contributed by atoms with Crippen LogP contribution >= 0.6 is 12.4 Å². The molecule has 0 aromatic carbocycles. The number of hydrogen-bond donors (Lipinski definition) is 2. The number of halogens is 1. The van der Waals surface area contributed by atoms with Crippen LogP contribution < -0.4 is 10.6 Å². The Bertz CT molecular complexity index is 388. The summed E-state index contributed by atoms with van der Waals surface area (Å²) >= 11 is 0. The maximum absolute atomic E-state index is 12.1. The van der Waals surface area contributed by atoms with Crippen molar-refractivity contribution in [2.75, 3.05) is 26.2 Å². The molecule has 23 heavy (non-hydrogen) atoms. The number of hydrogen-bond acceptors (Lipinski definition) is 3. The fraction of sp³-hybridized carbons (Fsp3) is 0.944. The Balaban J connectivity index is 0.00000156. The third-order valence-electron chi connectivity index (χ3n) is 6.51. The highest BCUT2D eigenvalue weighted by Crippen LogP contribution is 2.59.